The van der Waals surface area contributed by atoms with Gasteiger partial charge in [-0.25, -0.2) is 14.6 Å². The zero-order valence-corrected chi connectivity index (χ0v) is 17.4. The van der Waals surface area contributed by atoms with E-state index in [-0.39, 0.29) is 18.3 Å². The number of carbonyl (C=O) groups excluding carboxylic acids is 1. The highest BCUT2D eigenvalue weighted by Gasteiger charge is 2.20. The first kappa shape index (κ1) is 19.9. The molecule has 3 aromatic rings. The maximum Gasteiger partial charge on any atom is 0.279 e. The number of aryl methyl sites for hydroxylation is 2. The normalized spacial score (nSPS) is 14.7. The highest BCUT2D eigenvalue weighted by Crippen LogP contribution is 2.32. The lowest BCUT2D eigenvalue weighted by Crippen LogP contribution is -2.29. The van der Waals surface area contributed by atoms with Crippen LogP contribution in [-0.2, 0) is 0 Å². The first-order valence-electron chi connectivity index (χ1n) is 8.44. The number of piperidine rings is 1. The molecule has 0 bridgehead atoms. The van der Waals surface area contributed by atoms with E-state index in [0.29, 0.717) is 16.9 Å². The van der Waals surface area contributed by atoms with Gasteiger partial charge in [0.1, 0.15) is 0 Å². The lowest BCUT2D eigenvalue weighted by molar-refractivity contribution is 0.102. The largest absolute Gasteiger partial charge is 0.317 e. The lowest BCUT2D eigenvalue weighted by Gasteiger charge is -2.21. The SMILES string of the molecule is Cc1nc(C)c(-c2csc(NC(=O)c3cn(C4CCNCC4)nn3)n2)s1.Cl. The number of halogens is 1. The van der Waals surface area contributed by atoms with Gasteiger partial charge in [-0.2, -0.15) is 0 Å². The third-order valence-corrected chi connectivity index (χ3v) is 6.14. The molecule has 144 valence electrons. The Labute approximate surface area is 170 Å². The van der Waals surface area contributed by atoms with Gasteiger partial charge in [0.15, 0.2) is 10.8 Å². The monoisotopic (exact) mass is 425 g/mol. The molecule has 8 nitrogen and oxygen atoms in total. The highest BCUT2D eigenvalue weighted by atomic mass is 35.5. The first-order chi connectivity index (χ1) is 12.6. The van der Waals surface area contributed by atoms with Crippen LogP contribution in [0.5, 0.6) is 0 Å². The first-order valence-corrected chi connectivity index (χ1v) is 10.1. The predicted molar refractivity (Wildman–Crippen MR) is 109 cm³/mol. The summed E-state index contributed by atoms with van der Waals surface area (Å²) >= 11 is 3.00. The van der Waals surface area contributed by atoms with E-state index >= 15 is 0 Å². The molecule has 0 saturated carbocycles. The number of rotatable bonds is 4. The molecule has 4 heterocycles. The van der Waals surface area contributed by atoms with Crippen molar-refractivity contribution >= 4 is 46.1 Å². The fraction of sp³-hybridized carbons (Fsp3) is 0.438. The fourth-order valence-electron chi connectivity index (χ4n) is 3.00. The summed E-state index contributed by atoms with van der Waals surface area (Å²) in [4.78, 5) is 22.4. The second-order valence-electron chi connectivity index (χ2n) is 6.20. The number of nitrogens with zero attached hydrogens (tertiary/aromatic N) is 5. The molecule has 1 saturated heterocycles. The maximum absolute atomic E-state index is 12.4. The average Bonchev–Trinajstić information content (AvgIpc) is 3.35. The van der Waals surface area contributed by atoms with Gasteiger partial charge in [-0.15, -0.1) is 40.2 Å². The molecule has 0 radical (unpaired) electrons. The number of carbonyl (C=O) groups is 1. The van der Waals surface area contributed by atoms with Crippen LogP contribution in [0.2, 0.25) is 0 Å². The molecule has 3 aromatic heterocycles. The number of thiazole rings is 2. The van der Waals surface area contributed by atoms with Crippen molar-refractivity contribution in [3.05, 3.63) is 28.0 Å². The summed E-state index contributed by atoms with van der Waals surface area (Å²) in [6.07, 6.45) is 3.71. The van der Waals surface area contributed by atoms with Crippen LogP contribution in [0.3, 0.4) is 0 Å². The number of hydrogen-bond donors (Lipinski definition) is 2. The van der Waals surface area contributed by atoms with Crippen molar-refractivity contribution in [2.75, 3.05) is 18.4 Å². The summed E-state index contributed by atoms with van der Waals surface area (Å²) in [7, 11) is 0. The molecule has 1 amide bonds. The Morgan fingerprint density at radius 2 is 2.07 bits per heavy atom. The third-order valence-electron chi connectivity index (χ3n) is 4.29. The minimum atomic E-state index is -0.289. The van der Waals surface area contributed by atoms with Crippen LogP contribution in [-0.4, -0.2) is 44.0 Å². The Hall–Kier alpha value is -1.88. The van der Waals surface area contributed by atoms with E-state index in [4.69, 9.17) is 0 Å². The standard InChI is InChI=1S/C16H19N7OS2.ClH/c1-9-14(26-10(2)18-9)13-8-25-16(19-13)20-15(24)12-7-23(22-21-12)11-3-5-17-6-4-11;/h7-8,11,17H,3-6H2,1-2H3,(H,19,20,24);1H. The van der Waals surface area contributed by atoms with Crippen LogP contribution in [0, 0.1) is 13.8 Å². The van der Waals surface area contributed by atoms with E-state index in [9.17, 15) is 4.79 Å². The quantitative estimate of drug-likeness (QED) is 0.666. The molecule has 0 aromatic carbocycles. The Kier molecular flexibility index (Phi) is 6.20. The fourth-order valence-corrected chi connectivity index (χ4v) is 4.65. The van der Waals surface area contributed by atoms with E-state index < -0.39 is 0 Å². The van der Waals surface area contributed by atoms with Gasteiger partial charge >= 0.3 is 0 Å². The van der Waals surface area contributed by atoms with Crippen LogP contribution < -0.4 is 10.6 Å². The Bertz CT molecular complexity index is 929. The lowest BCUT2D eigenvalue weighted by atomic mass is 10.1. The molecule has 4 rings (SSSR count). The van der Waals surface area contributed by atoms with Crippen molar-refractivity contribution in [1.82, 2.24) is 30.3 Å². The molecule has 2 N–H and O–H groups in total. The summed E-state index contributed by atoms with van der Waals surface area (Å²) < 4.78 is 1.80. The molecule has 0 atom stereocenters. The van der Waals surface area contributed by atoms with Gasteiger partial charge in [0, 0.05) is 5.38 Å². The summed E-state index contributed by atoms with van der Waals surface area (Å²) in [6.45, 7) is 5.87. The second-order valence-corrected chi connectivity index (χ2v) is 8.27. The molecule has 0 unspecified atom stereocenters. The van der Waals surface area contributed by atoms with E-state index in [2.05, 4.69) is 30.9 Å². The zero-order valence-electron chi connectivity index (χ0n) is 14.9. The zero-order chi connectivity index (χ0) is 18.1. The van der Waals surface area contributed by atoms with E-state index in [1.54, 1.807) is 22.2 Å². The minimum Gasteiger partial charge on any atom is -0.317 e. The Morgan fingerprint density at radius 1 is 1.30 bits per heavy atom. The van der Waals surface area contributed by atoms with Crippen LogP contribution >= 0.6 is 35.1 Å². The van der Waals surface area contributed by atoms with E-state index in [1.807, 2.05) is 19.2 Å². The highest BCUT2D eigenvalue weighted by molar-refractivity contribution is 7.16. The topological polar surface area (TPSA) is 97.6 Å². The van der Waals surface area contributed by atoms with Crippen molar-refractivity contribution in [2.24, 2.45) is 0 Å². The van der Waals surface area contributed by atoms with Gasteiger partial charge in [-0.3, -0.25) is 10.1 Å². The van der Waals surface area contributed by atoms with Crippen LogP contribution in [0.1, 0.15) is 40.1 Å². The summed E-state index contributed by atoms with van der Waals surface area (Å²) in [5.74, 6) is -0.289. The van der Waals surface area contributed by atoms with Crippen molar-refractivity contribution < 1.29 is 4.79 Å². The van der Waals surface area contributed by atoms with E-state index in [0.717, 1.165) is 47.2 Å². The van der Waals surface area contributed by atoms with Crippen LogP contribution in [0.25, 0.3) is 10.6 Å². The summed E-state index contributed by atoms with van der Waals surface area (Å²) in [5, 5.41) is 17.8. The number of hydrogen-bond acceptors (Lipinski definition) is 8. The molecule has 1 aliphatic heterocycles. The molecule has 0 spiro atoms. The Morgan fingerprint density at radius 3 is 2.78 bits per heavy atom. The van der Waals surface area contributed by atoms with Gasteiger partial charge in [-0.05, 0) is 39.8 Å². The molecule has 1 fully saturated rings. The van der Waals surface area contributed by atoms with Gasteiger partial charge in [-0.1, -0.05) is 5.21 Å². The second kappa shape index (κ2) is 8.42. The number of nitrogens with one attached hydrogen (secondary N) is 2. The van der Waals surface area contributed by atoms with Gasteiger partial charge < -0.3 is 5.32 Å². The third kappa shape index (κ3) is 4.34. The minimum absolute atomic E-state index is 0. The average molecular weight is 426 g/mol. The van der Waals surface area contributed by atoms with Crippen molar-refractivity contribution in [3.63, 3.8) is 0 Å². The predicted octanol–water partition coefficient (Wildman–Crippen LogP) is 3.07. The summed E-state index contributed by atoms with van der Waals surface area (Å²) in [5.41, 5.74) is 2.11. The molecule has 1 aliphatic rings. The Balaban J connectivity index is 0.00000210. The maximum atomic E-state index is 12.4. The van der Waals surface area contributed by atoms with E-state index in [1.165, 1.54) is 11.3 Å². The molecular weight excluding hydrogens is 406 g/mol. The summed E-state index contributed by atoms with van der Waals surface area (Å²) in [6, 6.07) is 0.300. The van der Waals surface area contributed by atoms with Crippen molar-refractivity contribution in [2.45, 2.75) is 32.7 Å². The van der Waals surface area contributed by atoms with Crippen LogP contribution in [0.15, 0.2) is 11.6 Å². The number of amides is 1. The van der Waals surface area contributed by atoms with Crippen molar-refractivity contribution in [1.29, 1.82) is 0 Å². The molecule has 11 heteroatoms. The molecular formula is C16H20ClN7OS2. The van der Waals surface area contributed by atoms with Gasteiger partial charge in [0.25, 0.3) is 5.91 Å². The van der Waals surface area contributed by atoms with Gasteiger partial charge in [0.2, 0.25) is 0 Å². The molecule has 27 heavy (non-hydrogen) atoms. The van der Waals surface area contributed by atoms with Gasteiger partial charge in [0.05, 0.1) is 33.5 Å². The number of aromatic nitrogens is 5. The van der Waals surface area contributed by atoms with Crippen LogP contribution in [0.4, 0.5) is 5.13 Å². The molecule has 0 aliphatic carbocycles. The van der Waals surface area contributed by atoms with Crippen molar-refractivity contribution in [3.8, 4) is 10.6 Å². The smallest absolute Gasteiger partial charge is 0.279 e. The number of anilines is 1.